The third-order valence-electron chi connectivity index (χ3n) is 1.96. The lowest BCUT2D eigenvalue weighted by molar-refractivity contribution is -0.136. The SMILES string of the molecule is C#CCOc1cc(CCl)nc(CCC(=O)O)c1. The van der Waals surface area contributed by atoms with Crippen LogP contribution in [0.2, 0.25) is 0 Å². The van der Waals surface area contributed by atoms with E-state index in [1.54, 1.807) is 12.1 Å². The molecule has 0 aliphatic heterocycles. The molecule has 5 heteroatoms. The van der Waals surface area contributed by atoms with Gasteiger partial charge in [-0.2, -0.15) is 0 Å². The highest BCUT2D eigenvalue weighted by molar-refractivity contribution is 6.16. The zero-order valence-corrected chi connectivity index (χ0v) is 9.91. The molecule has 0 aliphatic carbocycles. The molecule has 0 aromatic carbocycles. The molecular formula is C12H12ClNO3. The van der Waals surface area contributed by atoms with Crippen molar-refractivity contribution in [3.05, 3.63) is 23.5 Å². The van der Waals surface area contributed by atoms with Crippen LogP contribution in [0.3, 0.4) is 0 Å². The molecule has 0 spiro atoms. The molecule has 0 radical (unpaired) electrons. The molecule has 1 N–H and O–H groups in total. The van der Waals surface area contributed by atoms with Crippen LogP contribution in [0.15, 0.2) is 12.1 Å². The molecule has 17 heavy (non-hydrogen) atoms. The van der Waals surface area contributed by atoms with Crippen LogP contribution >= 0.6 is 11.6 Å². The lowest BCUT2D eigenvalue weighted by Crippen LogP contribution is -2.02. The zero-order chi connectivity index (χ0) is 12.7. The highest BCUT2D eigenvalue weighted by Gasteiger charge is 2.05. The van der Waals surface area contributed by atoms with Gasteiger partial charge in [-0.05, 0) is 0 Å². The highest BCUT2D eigenvalue weighted by Crippen LogP contribution is 2.16. The fraction of sp³-hybridized carbons (Fsp3) is 0.333. The number of terminal acetylenes is 1. The van der Waals surface area contributed by atoms with Crippen LogP contribution in [0.4, 0.5) is 0 Å². The van der Waals surface area contributed by atoms with E-state index in [9.17, 15) is 4.79 Å². The maximum Gasteiger partial charge on any atom is 0.303 e. The van der Waals surface area contributed by atoms with E-state index >= 15 is 0 Å². The van der Waals surface area contributed by atoms with Crippen molar-refractivity contribution >= 4 is 17.6 Å². The van der Waals surface area contributed by atoms with Crippen molar-refractivity contribution in [2.75, 3.05) is 6.61 Å². The molecule has 0 unspecified atom stereocenters. The number of halogens is 1. The van der Waals surface area contributed by atoms with Gasteiger partial charge in [-0.1, -0.05) is 5.92 Å². The van der Waals surface area contributed by atoms with Crippen LogP contribution < -0.4 is 4.74 Å². The summed E-state index contributed by atoms with van der Waals surface area (Å²) < 4.78 is 5.26. The smallest absolute Gasteiger partial charge is 0.303 e. The molecule has 0 bridgehead atoms. The maximum absolute atomic E-state index is 10.5. The van der Waals surface area contributed by atoms with E-state index in [0.717, 1.165) is 0 Å². The zero-order valence-electron chi connectivity index (χ0n) is 9.15. The summed E-state index contributed by atoms with van der Waals surface area (Å²) in [6.45, 7) is 0.157. The molecule has 1 aromatic heterocycles. The van der Waals surface area contributed by atoms with Crippen molar-refractivity contribution in [2.24, 2.45) is 0 Å². The van der Waals surface area contributed by atoms with Crippen molar-refractivity contribution < 1.29 is 14.6 Å². The molecule has 0 fully saturated rings. The fourth-order valence-electron chi connectivity index (χ4n) is 1.26. The van der Waals surface area contributed by atoms with Crippen LogP contribution in [0.5, 0.6) is 5.75 Å². The van der Waals surface area contributed by atoms with E-state index in [0.29, 0.717) is 23.6 Å². The summed E-state index contributed by atoms with van der Waals surface area (Å²) in [5, 5.41) is 8.60. The lowest BCUT2D eigenvalue weighted by Gasteiger charge is -2.07. The second kappa shape index (κ2) is 6.77. The minimum absolute atomic E-state index is 0.0211. The second-order valence-electron chi connectivity index (χ2n) is 3.31. The predicted molar refractivity (Wildman–Crippen MR) is 64.1 cm³/mol. The van der Waals surface area contributed by atoms with Crippen LogP contribution in [0.1, 0.15) is 17.8 Å². The van der Waals surface area contributed by atoms with Gasteiger partial charge in [0.2, 0.25) is 0 Å². The number of aryl methyl sites for hydroxylation is 1. The maximum atomic E-state index is 10.5. The number of rotatable bonds is 6. The first-order valence-electron chi connectivity index (χ1n) is 4.99. The van der Waals surface area contributed by atoms with Crippen LogP contribution in [-0.2, 0) is 17.1 Å². The molecule has 0 amide bonds. The monoisotopic (exact) mass is 253 g/mol. The number of aromatic nitrogens is 1. The van der Waals surface area contributed by atoms with E-state index < -0.39 is 5.97 Å². The standard InChI is InChI=1S/C12H12ClNO3/c1-2-5-17-11-6-9(3-4-12(15)16)14-10(7-11)8-13/h1,6-7H,3-5,8H2,(H,15,16). The lowest BCUT2D eigenvalue weighted by atomic mass is 10.2. The number of hydrogen-bond acceptors (Lipinski definition) is 3. The number of aliphatic carboxylic acids is 1. The second-order valence-corrected chi connectivity index (χ2v) is 3.57. The Hall–Kier alpha value is -1.73. The Labute approximate surface area is 105 Å². The van der Waals surface area contributed by atoms with Gasteiger partial charge in [-0.3, -0.25) is 9.78 Å². The van der Waals surface area contributed by atoms with Crippen LogP contribution in [-0.4, -0.2) is 22.7 Å². The van der Waals surface area contributed by atoms with Gasteiger partial charge in [0.1, 0.15) is 12.4 Å². The summed E-state index contributed by atoms with van der Waals surface area (Å²) in [6, 6.07) is 3.37. The summed E-state index contributed by atoms with van der Waals surface area (Å²) >= 11 is 5.69. The number of carboxylic acids is 1. The molecular weight excluding hydrogens is 242 g/mol. The van der Waals surface area contributed by atoms with E-state index in [1.165, 1.54) is 0 Å². The minimum atomic E-state index is -0.867. The van der Waals surface area contributed by atoms with Gasteiger partial charge >= 0.3 is 5.97 Å². The van der Waals surface area contributed by atoms with Crippen molar-refractivity contribution in [2.45, 2.75) is 18.7 Å². The van der Waals surface area contributed by atoms with Crippen molar-refractivity contribution in [3.63, 3.8) is 0 Å². The van der Waals surface area contributed by atoms with Gasteiger partial charge in [0, 0.05) is 24.2 Å². The largest absolute Gasteiger partial charge is 0.481 e. The van der Waals surface area contributed by atoms with E-state index in [-0.39, 0.29) is 18.9 Å². The normalized spacial score (nSPS) is 9.65. The van der Waals surface area contributed by atoms with Crippen molar-refractivity contribution in [1.82, 2.24) is 4.98 Å². The van der Waals surface area contributed by atoms with Gasteiger partial charge in [-0.25, -0.2) is 0 Å². The van der Waals surface area contributed by atoms with Gasteiger partial charge in [0.15, 0.2) is 0 Å². The molecule has 0 atom stereocenters. The first kappa shape index (κ1) is 13.3. The summed E-state index contributed by atoms with van der Waals surface area (Å²) in [6.07, 6.45) is 5.45. The third-order valence-corrected chi connectivity index (χ3v) is 2.23. The van der Waals surface area contributed by atoms with Crippen molar-refractivity contribution in [1.29, 1.82) is 0 Å². The van der Waals surface area contributed by atoms with Gasteiger partial charge < -0.3 is 9.84 Å². The van der Waals surface area contributed by atoms with E-state index in [1.807, 2.05) is 0 Å². The molecule has 1 aromatic rings. The molecule has 1 heterocycles. The number of pyridine rings is 1. The third kappa shape index (κ3) is 4.75. The Bertz CT molecular complexity index is 440. The van der Waals surface area contributed by atoms with E-state index in [2.05, 4.69) is 10.9 Å². The number of hydrogen-bond donors (Lipinski definition) is 1. The van der Waals surface area contributed by atoms with Crippen LogP contribution in [0.25, 0.3) is 0 Å². The number of alkyl halides is 1. The summed E-state index contributed by atoms with van der Waals surface area (Å²) in [4.78, 5) is 14.7. The fourth-order valence-corrected chi connectivity index (χ4v) is 1.40. The number of carboxylic acid groups (broad SMARTS) is 1. The number of nitrogens with zero attached hydrogens (tertiary/aromatic N) is 1. The number of ether oxygens (including phenoxy) is 1. The first-order valence-corrected chi connectivity index (χ1v) is 5.53. The van der Waals surface area contributed by atoms with Crippen LogP contribution in [0, 0.1) is 12.3 Å². The predicted octanol–water partition coefficient (Wildman–Crippen LogP) is 1.85. The Kier molecular flexibility index (Phi) is 5.31. The topological polar surface area (TPSA) is 59.4 Å². The number of carbonyl (C=O) groups is 1. The molecule has 4 nitrogen and oxygen atoms in total. The van der Waals surface area contributed by atoms with Gasteiger partial charge in [0.25, 0.3) is 0 Å². The van der Waals surface area contributed by atoms with Crippen molar-refractivity contribution in [3.8, 4) is 18.1 Å². The molecule has 90 valence electrons. The summed E-state index contributed by atoms with van der Waals surface area (Å²) in [7, 11) is 0. The average molecular weight is 254 g/mol. The molecule has 0 saturated heterocycles. The Morgan fingerprint density at radius 1 is 1.53 bits per heavy atom. The summed E-state index contributed by atoms with van der Waals surface area (Å²) in [5.41, 5.74) is 1.28. The Balaban J connectivity index is 2.81. The quantitative estimate of drug-likeness (QED) is 0.621. The molecule has 0 aliphatic rings. The van der Waals surface area contributed by atoms with E-state index in [4.69, 9.17) is 27.9 Å². The highest BCUT2D eigenvalue weighted by atomic mass is 35.5. The van der Waals surface area contributed by atoms with Gasteiger partial charge in [0.05, 0.1) is 18.0 Å². The van der Waals surface area contributed by atoms with Gasteiger partial charge in [-0.15, -0.1) is 18.0 Å². The minimum Gasteiger partial charge on any atom is -0.481 e. The average Bonchev–Trinajstić information content (AvgIpc) is 2.33. The molecule has 0 saturated carbocycles. The summed E-state index contributed by atoms with van der Waals surface area (Å²) in [5.74, 6) is 2.29. The Morgan fingerprint density at radius 3 is 2.82 bits per heavy atom. The Morgan fingerprint density at radius 2 is 2.24 bits per heavy atom. The molecule has 1 rings (SSSR count). The first-order chi connectivity index (χ1) is 8.15.